The van der Waals surface area contributed by atoms with Crippen LogP contribution in [0.2, 0.25) is 0 Å². The Balaban J connectivity index is 1.52. The highest BCUT2D eigenvalue weighted by Gasteiger charge is 2.24. The van der Waals surface area contributed by atoms with Gasteiger partial charge in [-0.3, -0.25) is 0 Å². The van der Waals surface area contributed by atoms with Gasteiger partial charge in [0.15, 0.2) is 0 Å². The Bertz CT molecular complexity index is 1960. The molecule has 0 unspecified atom stereocenters. The van der Waals surface area contributed by atoms with Crippen molar-refractivity contribution in [3.63, 3.8) is 0 Å². The molecule has 1 nitrogen and oxygen atoms in total. The molecule has 164 valence electrons. The number of benzene rings is 6. The Morgan fingerprint density at radius 1 is 0.457 bits per heavy atom. The molecule has 8 rings (SSSR count). The van der Waals surface area contributed by atoms with Crippen molar-refractivity contribution in [3.8, 4) is 5.69 Å². The Hall–Kier alpha value is -3.66. The lowest BCUT2D eigenvalue weighted by Gasteiger charge is -2.19. The molecule has 0 radical (unpaired) electrons. The fraction of sp³-hybridized carbons (Fsp3) is 0. The molecule has 1 aromatic heterocycles. The Morgan fingerprint density at radius 3 is 1.97 bits per heavy atom. The van der Waals surface area contributed by atoms with Crippen LogP contribution in [0.3, 0.4) is 0 Å². The number of hydrogen-bond donors (Lipinski definition) is 0. The molecule has 0 atom stereocenters. The number of aromatic nitrogens is 1. The van der Waals surface area contributed by atoms with Gasteiger partial charge in [-0.05, 0) is 52.6 Å². The highest BCUT2D eigenvalue weighted by atomic mass is 32.2. The molecule has 7 aromatic rings. The molecule has 0 bridgehead atoms. The minimum atomic E-state index is 1.24. The third-order valence-electron chi connectivity index (χ3n) is 7.02. The lowest BCUT2D eigenvalue weighted by molar-refractivity contribution is 1.16. The maximum Gasteiger partial charge on any atom is 0.0553 e. The monoisotopic (exact) mass is 481 g/mol. The second kappa shape index (κ2) is 7.42. The maximum atomic E-state index is 2.48. The molecule has 0 saturated carbocycles. The van der Waals surface area contributed by atoms with Gasteiger partial charge < -0.3 is 4.57 Å². The highest BCUT2D eigenvalue weighted by molar-refractivity contribution is 8.05. The molecule has 6 aromatic carbocycles. The molecule has 0 aliphatic carbocycles. The predicted molar refractivity (Wildman–Crippen MR) is 150 cm³/mol. The van der Waals surface area contributed by atoms with Gasteiger partial charge in [0, 0.05) is 35.7 Å². The number of fused-ring (bicyclic) bond motifs is 9. The van der Waals surface area contributed by atoms with E-state index in [2.05, 4.69) is 120 Å². The largest absolute Gasteiger partial charge is 0.309 e. The first-order valence-electron chi connectivity index (χ1n) is 11.8. The number of rotatable bonds is 1. The topological polar surface area (TPSA) is 4.93 Å². The van der Waals surface area contributed by atoms with Gasteiger partial charge in [0.25, 0.3) is 0 Å². The van der Waals surface area contributed by atoms with Gasteiger partial charge in [0.1, 0.15) is 0 Å². The molecule has 1 aliphatic heterocycles. The standard InChI is InChI=1S/C32H19NS2/c1-2-10-21-20(9-1)19-27(23-12-4-3-11-22(21)23)33-25-14-6-5-13-24(25)31-26(33)17-18-30-32(31)35-29-16-8-7-15-28(29)34-30/h1-19H. The van der Waals surface area contributed by atoms with E-state index in [-0.39, 0.29) is 0 Å². The van der Waals surface area contributed by atoms with E-state index < -0.39 is 0 Å². The average molecular weight is 482 g/mol. The highest BCUT2D eigenvalue weighted by Crippen LogP contribution is 2.53. The van der Waals surface area contributed by atoms with Crippen LogP contribution in [0.4, 0.5) is 0 Å². The van der Waals surface area contributed by atoms with Crippen LogP contribution in [0.1, 0.15) is 0 Å². The van der Waals surface area contributed by atoms with Gasteiger partial charge >= 0.3 is 0 Å². The fourth-order valence-corrected chi connectivity index (χ4v) is 7.92. The Morgan fingerprint density at radius 2 is 1.11 bits per heavy atom. The van der Waals surface area contributed by atoms with Crippen molar-refractivity contribution >= 4 is 66.9 Å². The minimum absolute atomic E-state index is 1.24. The summed E-state index contributed by atoms with van der Waals surface area (Å²) in [6.45, 7) is 0. The van der Waals surface area contributed by atoms with E-state index in [1.165, 1.54) is 68.6 Å². The van der Waals surface area contributed by atoms with Crippen molar-refractivity contribution in [1.29, 1.82) is 0 Å². The van der Waals surface area contributed by atoms with Crippen molar-refractivity contribution in [2.24, 2.45) is 0 Å². The molecule has 0 N–H and O–H groups in total. The second-order valence-electron chi connectivity index (χ2n) is 8.95. The van der Waals surface area contributed by atoms with Crippen molar-refractivity contribution in [3.05, 3.63) is 115 Å². The third kappa shape index (κ3) is 2.80. The summed E-state index contributed by atoms with van der Waals surface area (Å²) < 4.78 is 2.48. The van der Waals surface area contributed by atoms with Crippen LogP contribution >= 0.6 is 23.5 Å². The van der Waals surface area contributed by atoms with Gasteiger partial charge in [0.05, 0.1) is 16.7 Å². The maximum absolute atomic E-state index is 2.48. The van der Waals surface area contributed by atoms with Gasteiger partial charge in [-0.1, -0.05) is 102 Å². The van der Waals surface area contributed by atoms with Crippen molar-refractivity contribution < 1.29 is 0 Å². The zero-order valence-electron chi connectivity index (χ0n) is 18.7. The molecular weight excluding hydrogens is 462 g/mol. The van der Waals surface area contributed by atoms with Crippen LogP contribution in [0.15, 0.2) is 135 Å². The van der Waals surface area contributed by atoms with E-state index in [0.29, 0.717) is 0 Å². The lowest BCUT2D eigenvalue weighted by atomic mass is 10.00. The first-order valence-corrected chi connectivity index (χ1v) is 13.4. The van der Waals surface area contributed by atoms with Crippen LogP contribution in [0.25, 0.3) is 49.0 Å². The molecule has 0 saturated heterocycles. The summed E-state index contributed by atoms with van der Waals surface area (Å²) >= 11 is 3.79. The normalized spacial score (nSPS) is 12.9. The van der Waals surface area contributed by atoms with E-state index in [1.54, 1.807) is 0 Å². The van der Waals surface area contributed by atoms with Crippen LogP contribution < -0.4 is 0 Å². The van der Waals surface area contributed by atoms with E-state index >= 15 is 0 Å². The van der Waals surface area contributed by atoms with Gasteiger partial charge in [-0.25, -0.2) is 0 Å². The summed E-state index contributed by atoms with van der Waals surface area (Å²) in [4.78, 5) is 5.39. The summed E-state index contributed by atoms with van der Waals surface area (Å²) in [7, 11) is 0. The molecule has 0 amide bonds. The summed E-state index contributed by atoms with van der Waals surface area (Å²) in [6, 6.07) is 42.1. The SMILES string of the molecule is c1ccc2c(c1)Sc1ccc3c(c1S2)c1ccccc1n3-c1cc2ccccc2c2ccccc12. The number of nitrogens with zero attached hydrogens (tertiary/aromatic N) is 1. The first kappa shape index (κ1) is 19.6. The van der Waals surface area contributed by atoms with Crippen molar-refractivity contribution in [1.82, 2.24) is 4.57 Å². The number of hydrogen-bond acceptors (Lipinski definition) is 2. The summed E-state index contributed by atoms with van der Waals surface area (Å²) in [5.74, 6) is 0. The fourth-order valence-electron chi connectivity index (χ4n) is 5.52. The molecule has 1 aliphatic rings. The smallest absolute Gasteiger partial charge is 0.0553 e. The van der Waals surface area contributed by atoms with Crippen molar-refractivity contribution in [2.45, 2.75) is 19.6 Å². The van der Waals surface area contributed by atoms with Gasteiger partial charge in [-0.15, -0.1) is 0 Å². The number of para-hydroxylation sites is 1. The van der Waals surface area contributed by atoms with E-state index in [1.807, 2.05) is 23.5 Å². The lowest BCUT2D eigenvalue weighted by Crippen LogP contribution is -1.97. The Kier molecular flexibility index (Phi) is 4.16. The first-order chi connectivity index (χ1) is 17.4. The molecule has 0 fully saturated rings. The van der Waals surface area contributed by atoms with Crippen LogP contribution in [0, 0.1) is 0 Å². The zero-order chi connectivity index (χ0) is 22.9. The van der Waals surface area contributed by atoms with E-state index in [4.69, 9.17) is 0 Å². The van der Waals surface area contributed by atoms with E-state index in [9.17, 15) is 0 Å². The van der Waals surface area contributed by atoms with Crippen molar-refractivity contribution in [2.75, 3.05) is 0 Å². The van der Waals surface area contributed by atoms with Crippen LogP contribution in [-0.2, 0) is 0 Å². The predicted octanol–water partition coefficient (Wildman–Crippen LogP) is 9.71. The van der Waals surface area contributed by atoms with Crippen LogP contribution in [-0.4, -0.2) is 4.57 Å². The second-order valence-corrected chi connectivity index (χ2v) is 11.1. The molecule has 2 heterocycles. The third-order valence-corrected chi connectivity index (χ3v) is 9.62. The molecule has 0 spiro atoms. The molecule has 35 heavy (non-hydrogen) atoms. The summed E-state index contributed by atoms with van der Waals surface area (Å²) in [5, 5.41) is 7.80. The zero-order valence-corrected chi connectivity index (χ0v) is 20.4. The minimum Gasteiger partial charge on any atom is -0.309 e. The van der Waals surface area contributed by atoms with Gasteiger partial charge in [-0.2, -0.15) is 0 Å². The average Bonchev–Trinajstić information content (AvgIpc) is 3.26. The molecule has 3 heteroatoms. The summed E-state index contributed by atoms with van der Waals surface area (Å²) in [6.07, 6.45) is 0. The molecular formula is C32H19NS2. The van der Waals surface area contributed by atoms with E-state index in [0.717, 1.165) is 0 Å². The Labute approximate surface area is 211 Å². The quantitative estimate of drug-likeness (QED) is 0.215. The summed E-state index contributed by atoms with van der Waals surface area (Å²) in [5.41, 5.74) is 3.75. The van der Waals surface area contributed by atoms with Gasteiger partial charge in [0.2, 0.25) is 0 Å². The van der Waals surface area contributed by atoms with Crippen LogP contribution in [0.5, 0.6) is 0 Å².